The second-order valence-electron chi connectivity index (χ2n) is 5.92. The minimum atomic E-state index is -0.133. The standard InChI is InChI=1S/C18H22N4O2/c1-4-21-12(2)10-16(13(21)3)17(23)20-14-6-5-7-15(11-14)22-9-8-19-18(22)24/h5-7,10-11H,4,8-9H2,1-3H3,(H,19,24)(H,20,23). The topological polar surface area (TPSA) is 66.4 Å². The van der Waals surface area contributed by atoms with E-state index >= 15 is 0 Å². The van der Waals surface area contributed by atoms with Gasteiger partial charge >= 0.3 is 6.03 Å². The molecule has 0 unspecified atom stereocenters. The van der Waals surface area contributed by atoms with Crippen LogP contribution in [0.5, 0.6) is 0 Å². The SMILES string of the molecule is CCn1c(C)cc(C(=O)Nc2cccc(N3CCNC3=O)c2)c1C. The van der Waals surface area contributed by atoms with Crippen LogP contribution in [-0.4, -0.2) is 29.6 Å². The van der Waals surface area contributed by atoms with Crippen LogP contribution in [0.1, 0.15) is 28.7 Å². The molecule has 0 radical (unpaired) electrons. The molecule has 1 aliphatic heterocycles. The Bertz CT molecular complexity index is 794. The Morgan fingerprint density at radius 1 is 1.29 bits per heavy atom. The van der Waals surface area contributed by atoms with Gasteiger partial charge in [-0.3, -0.25) is 9.69 Å². The molecule has 6 nitrogen and oxygen atoms in total. The van der Waals surface area contributed by atoms with Crippen LogP contribution in [-0.2, 0) is 6.54 Å². The van der Waals surface area contributed by atoms with E-state index in [4.69, 9.17) is 0 Å². The van der Waals surface area contributed by atoms with E-state index in [1.165, 1.54) is 0 Å². The van der Waals surface area contributed by atoms with Crippen molar-refractivity contribution in [1.29, 1.82) is 0 Å². The highest BCUT2D eigenvalue weighted by atomic mass is 16.2. The van der Waals surface area contributed by atoms with Gasteiger partial charge in [-0.1, -0.05) is 6.07 Å². The highest BCUT2D eigenvalue weighted by Gasteiger charge is 2.21. The van der Waals surface area contributed by atoms with Gasteiger partial charge in [0.1, 0.15) is 0 Å². The first-order valence-corrected chi connectivity index (χ1v) is 8.14. The molecule has 0 bridgehead atoms. The molecule has 0 saturated carbocycles. The molecule has 3 amide bonds. The van der Waals surface area contributed by atoms with Gasteiger partial charge in [-0.05, 0) is 45.0 Å². The lowest BCUT2D eigenvalue weighted by molar-refractivity contribution is 0.102. The molecule has 1 aliphatic rings. The molecule has 0 aliphatic carbocycles. The lowest BCUT2D eigenvalue weighted by Crippen LogP contribution is -2.27. The van der Waals surface area contributed by atoms with Crippen LogP contribution >= 0.6 is 0 Å². The Labute approximate surface area is 141 Å². The number of anilines is 2. The number of aryl methyl sites for hydroxylation is 1. The van der Waals surface area contributed by atoms with Crippen molar-refractivity contribution >= 4 is 23.3 Å². The number of aromatic nitrogens is 1. The summed E-state index contributed by atoms with van der Waals surface area (Å²) in [6.45, 7) is 8.12. The molecule has 6 heteroatoms. The number of rotatable bonds is 4. The van der Waals surface area contributed by atoms with Crippen LogP contribution in [0, 0.1) is 13.8 Å². The smallest absolute Gasteiger partial charge is 0.321 e. The van der Waals surface area contributed by atoms with Gasteiger partial charge < -0.3 is 15.2 Å². The third-order valence-corrected chi connectivity index (χ3v) is 4.41. The maximum absolute atomic E-state index is 12.6. The van der Waals surface area contributed by atoms with Gasteiger partial charge in [-0.25, -0.2) is 4.79 Å². The summed E-state index contributed by atoms with van der Waals surface area (Å²) in [6, 6.07) is 9.15. The van der Waals surface area contributed by atoms with Crippen molar-refractivity contribution in [2.24, 2.45) is 0 Å². The van der Waals surface area contributed by atoms with Crippen molar-refractivity contribution in [2.75, 3.05) is 23.3 Å². The van der Waals surface area contributed by atoms with Gasteiger partial charge in [-0.15, -0.1) is 0 Å². The van der Waals surface area contributed by atoms with Crippen molar-refractivity contribution in [3.8, 4) is 0 Å². The average Bonchev–Trinajstić information content (AvgIpc) is 3.10. The average molecular weight is 326 g/mol. The number of benzene rings is 1. The molecule has 2 heterocycles. The van der Waals surface area contributed by atoms with Crippen LogP contribution in [0.3, 0.4) is 0 Å². The minimum absolute atomic E-state index is 0.107. The first kappa shape index (κ1) is 16.1. The fourth-order valence-electron chi connectivity index (χ4n) is 3.19. The number of nitrogens with zero attached hydrogens (tertiary/aromatic N) is 2. The van der Waals surface area contributed by atoms with Gasteiger partial charge in [0, 0.05) is 42.4 Å². The number of hydrogen-bond acceptors (Lipinski definition) is 2. The maximum atomic E-state index is 12.6. The molecular weight excluding hydrogens is 304 g/mol. The van der Waals surface area contributed by atoms with Crippen molar-refractivity contribution in [3.63, 3.8) is 0 Å². The van der Waals surface area contributed by atoms with Gasteiger partial charge in [-0.2, -0.15) is 0 Å². The van der Waals surface area contributed by atoms with Gasteiger partial charge in [0.05, 0.1) is 5.56 Å². The quantitative estimate of drug-likeness (QED) is 0.907. The fraction of sp³-hybridized carbons (Fsp3) is 0.333. The predicted molar refractivity (Wildman–Crippen MR) is 94.7 cm³/mol. The molecule has 126 valence electrons. The van der Waals surface area contributed by atoms with Crippen LogP contribution in [0.15, 0.2) is 30.3 Å². The van der Waals surface area contributed by atoms with Crippen LogP contribution in [0.4, 0.5) is 16.2 Å². The molecule has 1 fully saturated rings. The summed E-state index contributed by atoms with van der Waals surface area (Å²) < 4.78 is 2.11. The molecule has 1 aromatic carbocycles. The first-order valence-electron chi connectivity index (χ1n) is 8.14. The molecule has 1 aromatic heterocycles. The molecule has 0 atom stereocenters. The highest BCUT2D eigenvalue weighted by Crippen LogP contribution is 2.22. The van der Waals surface area contributed by atoms with Crippen molar-refractivity contribution in [1.82, 2.24) is 9.88 Å². The minimum Gasteiger partial charge on any atom is -0.349 e. The van der Waals surface area contributed by atoms with E-state index in [-0.39, 0.29) is 11.9 Å². The summed E-state index contributed by atoms with van der Waals surface area (Å²) in [5.74, 6) is -0.133. The molecule has 1 saturated heterocycles. The normalized spacial score (nSPS) is 14.0. The zero-order chi connectivity index (χ0) is 17.3. The lowest BCUT2D eigenvalue weighted by atomic mass is 10.2. The number of hydrogen-bond donors (Lipinski definition) is 2. The summed E-state index contributed by atoms with van der Waals surface area (Å²) in [4.78, 5) is 26.0. The molecule has 0 spiro atoms. The van der Waals surface area contributed by atoms with Crippen molar-refractivity contribution < 1.29 is 9.59 Å². The zero-order valence-electron chi connectivity index (χ0n) is 14.2. The van der Waals surface area contributed by atoms with E-state index in [9.17, 15) is 9.59 Å². The second-order valence-corrected chi connectivity index (χ2v) is 5.92. The van der Waals surface area contributed by atoms with Crippen molar-refractivity contribution in [3.05, 3.63) is 47.3 Å². The number of nitrogens with one attached hydrogen (secondary N) is 2. The van der Waals surface area contributed by atoms with Gasteiger partial charge in [0.15, 0.2) is 0 Å². The summed E-state index contributed by atoms with van der Waals surface area (Å²) >= 11 is 0. The lowest BCUT2D eigenvalue weighted by Gasteiger charge is -2.15. The van der Waals surface area contributed by atoms with E-state index in [1.54, 1.807) is 4.90 Å². The first-order chi connectivity index (χ1) is 11.5. The third-order valence-electron chi connectivity index (χ3n) is 4.41. The Balaban J connectivity index is 1.81. The molecule has 3 rings (SSSR count). The second kappa shape index (κ2) is 6.39. The molecular formula is C18H22N4O2. The Hall–Kier alpha value is -2.76. The van der Waals surface area contributed by atoms with E-state index < -0.39 is 0 Å². The maximum Gasteiger partial charge on any atom is 0.321 e. The highest BCUT2D eigenvalue weighted by molar-refractivity contribution is 6.05. The Morgan fingerprint density at radius 3 is 2.71 bits per heavy atom. The summed E-state index contributed by atoms with van der Waals surface area (Å²) in [5.41, 5.74) is 4.17. The van der Waals surface area contributed by atoms with Crippen LogP contribution in [0.25, 0.3) is 0 Å². The fourth-order valence-corrected chi connectivity index (χ4v) is 3.19. The number of amides is 3. The Kier molecular flexibility index (Phi) is 4.29. The number of carbonyl (C=O) groups is 2. The monoisotopic (exact) mass is 326 g/mol. The van der Waals surface area contributed by atoms with Gasteiger partial charge in [0.25, 0.3) is 5.91 Å². The molecule has 24 heavy (non-hydrogen) atoms. The van der Waals surface area contributed by atoms with Gasteiger partial charge in [0.2, 0.25) is 0 Å². The van der Waals surface area contributed by atoms with E-state index in [2.05, 4.69) is 22.1 Å². The number of carbonyl (C=O) groups excluding carboxylic acids is 2. The number of urea groups is 1. The Morgan fingerprint density at radius 2 is 2.08 bits per heavy atom. The molecule has 2 aromatic rings. The van der Waals surface area contributed by atoms with Crippen LogP contribution < -0.4 is 15.5 Å². The van der Waals surface area contributed by atoms with E-state index in [1.807, 2.05) is 44.2 Å². The summed E-state index contributed by atoms with van der Waals surface area (Å²) in [5, 5.41) is 5.71. The summed E-state index contributed by atoms with van der Waals surface area (Å²) in [7, 11) is 0. The summed E-state index contributed by atoms with van der Waals surface area (Å²) in [6.07, 6.45) is 0. The van der Waals surface area contributed by atoms with Crippen molar-refractivity contribution in [2.45, 2.75) is 27.3 Å². The largest absolute Gasteiger partial charge is 0.349 e. The van der Waals surface area contributed by atoms with E-state index in [0.717, 1.165) is 23.6 Å². The van der Waals surface area contributed by atoms with Crippen LogP contribution in [0.2, 0.25) is 0 Å². The molecule has 2 N–H and O–H groups in total. The predicted octanol–water partition coefficient (Wildman–Crippen LogP) is 2.91. The third kappa shape index (κ3) is 2.87. The van der Waals surface area contributed by atoms with E-state index in [0.29, 0.717) is 24.3 Å². The zero-order valence-corrected chi connectivity index (χ0v) is 14.2.